The molecule has 4 rings (SSSR count). The van der Waals surface area contributed by atoms with Crippen LogP contribution in [0.25, 0.3) is 10.9 Å². The quantitative estimate of drug-likeness (QED) is 0.336. The molecule has 2 aromatic heterocycles. The van der Waals surface area contributed by atoms with Gasteiger partial charge in [-0.15, -0.1) is 0 Å². The Morgan fingerprint density at radius 3 is 2.45 bits per heavy atom. The van der Waals surface area contributed by atoms with Crippen LogP contribution in [0.4, 0.5) is 5.69 Å². The Bertz CT molecular complexity index is 1250. The summed E-state index contributed by atoms with van der Waals surface area (Å²) >= 11 is 5.88. The van der Waals surface area contributed by atoms with Gasteiger partial charge in [0.2, 0.25) is 0 Å². The van der Waals surface area contributed by atoms with Gasteiger partial charge in [-0.25, -0.2) is 0 Å². The van der Waals surface area contributed by atoms with E-state index in [9.17, 15) is 0 Å². The smallest absolute Gasteiger partial charge is 0.173 e. The van der Waals surface area contributed by atoms with Gasteiger partial charge in [0.25, 0.3) is 0 Å². The van der Waals surface area contributed by atoms with Crippen molar-refractivity contribution in [3.05, 3.63) is 88.9 Å². The topological polar surface area (TPSA) is 53.2 Å². The second-order valence-electron chi connectivity index (χ2n) is 8.47. The van der Waals surface area contributed by atoms with Gasteiger partial charge in [-0.05, 0) is 104 Å². The van der Waals surface area contributed by atoms with E-state index in [1.54, 1.807) is 7.11 Å². The van der Waals surface area contributed by atoms with Crippen LogP contribution in [-0.2, 0) is 13.0 Å². The Kier molecular flexibility index (Phi) is 6.94. The molecular weight excluding hydrogens is 428 g/mol. The zero-order chi connectivity index (χ0) is 23.4. The average molecular weight is 459 g/mol. The molecule has 0 unspecified atom stereocenters. The van der Waals surface area contributed by atoms with Gasteiger partial charge in [0.15, 0.2) is 5.11 Å². The summed E-state index contributed by atoms with van der Waals surface area (Å²) < 4.78 is 5.45. The second-order valence-corrected chi connectivity index (χ2v) is 8.86. The minimum atomic E-state index is 0.712. The van der Waals surface area contributed by atoms with Crippen LogP contribution >= 0.6 is 12.2 Å². The zero-order valence-electron chi connectivity index (χ0n) is 19.6. The summed E-state index contributed by atoms with van der Waals surface area (Å²) in [7, 11) is 1.70. The van der Waals surface area contributed by atoms with Crippen LogP contribution in [0.3, 0.4) is 0 Å². The largest absolute Gasteiger partial charge is 0.497 e. The SMILES string of the molecule is COc1ccc2[nH]c(C)c(CCN(Cc3ccncc3)C(=S)Nc3cc(C)cc(C)c3)c2c1. The molecule has 0 saturated carbocycles. The van der Waals surface area contributed by atoms with Crippen molar-refractivity contribution in [2.45, 2.75) is 33.7 Å². The fourth-order valence-corrected chi connectivity index (χ4v) is 4.54. The molecule has 0 spiro atoms. The third-order valence-electron chi connectivity index (χ3n) is 5.84. The Morgan fingerprint density at radius 2 is 1.76 bits per heavy atom. The van der Waals surface area contributed by atoms with Crippen molar-refractivity contribution in [2.24, 2.45) is 0 Å². The number of nitrogens with zero attached hydrogens (tertiary/aromatic N) is 2. The van der Waals surface area contributed by atoms with Gasteiger partial charge in [-0.2, -0.15) is 0 Å². The van der Waals surface area contributed by atoms with E-state index in [4.69, 9.17) is 17.0 Å². The number of aromatic amines is 1. The number of pyridine rings is 1. The molecule has 170 valence electrons. The molecule has 0 saturated heterocycles. The molecule has 0 aliphatic carbocycles. The maximum absolute atomic E-state index is 5.88. The molecule has 0 aliphatic rings. The van der Waals surface area contributed by atoms with Crippen molar-refractivity contribution in [3.8, 4) is 5.75 Å². The first-order chi connectivity index (χ1) is 15.9. The van der Waals surface area contributed by atoms with Crippen LogP contribution in [0, 0.1) is 20.8 Å². The number of thiocarbonyl (C=S) groups is 1. The highest BCUT2D eigenvalue weighted by Gasteiger charge is 2.15. The number of benzene rings is 2. The highest BCUT2D eigenvalue weighted by molar-refractivity contribution is 7.80. The molecule has 0 atom stereocenters. The van der Waals surface area contributed by atoms with E-state index in [0.29, 0.717) is 11.7 Å². The number of methoxy groups -OCH3 is 1. The fourth-order valence-electron chi connectivity index (χ4n) is 4.27. The van der Waals surface area contributed by atoms with E-state index in [0.717, 1.165) is 29.9 Å². The lowest BCUT2D eigenvalue weighted by atomic mass is 10.1. The number of aryl methyl sites for hydroxylation is 3. The highest BCUT2D eigenvalue weighted by Crippen LogP contribution is 2.27. The molecule has 2 N–H and O–H groups in total. The predicted octanol–water partition coefficient (Wildman–Crippen LogP) is 5.94. The van der Waals surface area contributed by atoms with Crippen molar-refractivity contribution >= 4 is 33.9 Å². The molecule has 0 aliphatic heterocycles. The summed E-state index contributed by atoms with van der Waals surface area (Å²) in [6.45, 7) is 7.82. The fraction of sp³-hybridized carbons (Fsp3) is 0.259. The number of anilines is 1. The number of aromatic nitrogens is 2. The predicted molar refractivity (Wildman–Crippen MR) is 140 cm³/mol. The van der Waals surface area contributed by atoms with Crippen molar-refractivity contribution in [2.75, 3.05) is 19.0 Å². The third-order valence-corrected chi connectivity index (χ3v) is 6.20. The van der Waals surface area contributed by atoms with E-state index < -0.39 is 0 Å². The minimum Gasteiger partial charge on any atom is -0.497 e. The van der Waals surface area contributed by atoms with Gasteiger partial charge >= 0.3 is 0 Å². The van der Waals surface area contributed by atoms with E-state index in [2.05, 4.69) is 71.3 Å². The molecule has 2 aromatic carbocycles. The van der Waals surface area contributed by atoms with Crippen LogP contribution in [0.2, 0.25) is 0 Å². The summed E-state index contributed by atoms with van der Waals surface area (Å²) in [6.07, 6.45) is 4.51. The molecule has 0 radical (unpaired) electrons. The van der Waals surface area contributed by atoms with E-state index in [1.807, 2.05) is 30.6 Å². The highest BCUT2D eigenvalue weighted by atomic mass is 32.1. The van der Waals surface area contributed by atoms with Gasteiger partial charge < -0.3 is 19.9 Å². The number of fused-ring (bicyclic) bond motifs is 1. The van der Waals surface area contributed by atoms with E-state index in [1.165, 1.54) is 33.3 Å². The van der Waals surface area contributed by atoms with Crippen LogP contribution in [-0.4, -0.2) is 33.6 Å². The zero-order valence-corrected chi connectivity index (χ0v) is 20.4. The molecular formula is C27H30N4OS. The molecule has 5 nitrogen and oxygen atoms in total. The van der Waals surface area contributed by atoms with Crippen molar-refractivity contribution in [1.82, 2.24) is 14.9 Å². The van der Waals surface area contributed by atoms with Crippen LogP contribution in [0.5, 0.6) is 5.75 Å². The summed E-state index contributed by atoms with van der Waals surface area (Å²) in [4.78, 5) is 9.88. The van der Waals surface area contributed by atoms with Crippen LogP contribution in [0.15, 0.2) is 60.9 Å². The molecule has 33 heavy (non-hydrogen) atoms. The van der Waals surface area contributed by atoms with Gasteiger partial charge in [-0.1, -0.05) is 6.07 Å². The first kappa shape index (κ1) is 22.8. The van der Waals surface area contributed by atoms with Gasteiger partial charge in [0, 0.05) is 47.8 Å². The first-order valence-corrected chi connectivity index (χ1v) is 11.5. The van der Waals surface area contributed by atoms with Gasteiger partial charge in [0.05, 0.1) is 7.11 Å². The molecule has 4 aromatic rings. The van der Waals surface area contributed by atoms with Gasteiger partial charge in [-0.3, -0.25) is 4.98 Å². The Hall–Kier alpha value is -3.38. The number of ether oxygens (including phenoxy) is 1. The third kappa shape index (κ3) is 5.52. The number of rotatable bonds is 7. The number of hydrogen-bond donors (Lipinski definition) is 2. The number of H-pyrrole nitrogens is 1. The van der Waals surface area contributed by atoms with Crippen LogP contribution < -0.4 is 10.1 Å². The second kappa shape index (κ2) is 10.0. The lowest BCUT2D eigenvalue weighted by molar-refractivity contribution is 0.415. The summed E-state index contributed by atoms with van der Waals surface area (Å²) in [5, 5.41) is 5.37. The van der Waals surface area contributed by atoms with E-state index >= 15 is 0 Å². The van der Waals surface area contributed by atoms with Crippen molar-refractivity contribution in [3.63, 3.8) is 0 Å². The number of hydrogen-bond acceptors (Lipinski definition) is 3. The monoisotopic (exact) mass is 458 g/mol. The van der Waals surface area contributed by atoms with Crippen LogP contribution in [0.1, 0.15) is 27.9 Å². The van der Waals surface area contributed by atoms with E-state index in [-0.39, 0.29) is 0 Å². The van der Waals surface area contributed by atoms with Crippen molar-refractivity contribution < 1.29 is 4.74 Å². The lowest BCUT2D eigenvalue weighted by Crippen LogP contribution is -2.36. The molecule has 6 heteroatoms. The lowest BCUT2D eigenvalue weighted by Gasteiger charge is -2.26. The summed E-state index contributed by atoms with van der Waals surface area (Å²) in [5.41, 5.74) is 8.21. The number of nitrogens with one attached hydrogen (secondary N) is 2. The minimum absolute atomic E-state index is 0.712. The maximum atomic E-state index is 5.88. The average Bonchev–Trinajstić information content (AvgIpc) is 3.10. The van der Waals surface area contributed by atoms with Gasteiger partial charge in [0.1, 0.15) is 5.75 Å². The normalized spacial score (nSPS) is 10.9. The molecule has 0 bridgehead atoms. The Morgan fingerprint density at radius 1 is 1.03 bits per heavy atom. The van der Waals surface area contributed by atoms with Crippen molar-refractivity contribution in [1.29, 1.82) is 0 Å². The Labute approximate surface area is 200 Å². The molecule has 0 amide bonds. The molecule has 2 heterocycles. The maximum Gasteiger partial charge on any atom is 0.173 e. The Balaban J connectivity index is 1.58. The summed E-state index contributed by atoms with van der Waals surface area (Å²) in [6, 6.07) is 16.7. The summed E-state index contributed by atoms with van der Waals surface area (Å²) in [5.74, 6) is 0.864. The molecule has 0 fully saturated rings. The first-order valence-electron chi connectivity index (χ1n) is 11.1. The standard InChI is InChI=1S/C27H30N4OS/c1-18-13-19(2)15-22(14-18)30-27(33)31(17-21-7-10-28-11-8-21)12-9-24-20(3)29-26-6-5-23(32-4)16-25(24)26/h5-8,10-11,13-16,29H,9,12,17H2,1-4H3,(H,30,33).